The Labute approximate surface area is 227 Å². The highest BCUT2D eigenvalue weighted by Gasteiger charge is 2.58. The van der Waals surface area contributed by atoms with Crippen molar-refractivity contribution in [2.24, 2.45) is 23.2 Å². The summed E-state index contributed by atoms with van der Waals surface area (Å²) in [5, 5.41) is 16.8. The van der Waals surface area contributed by atoms with Gasteiger partial charge in [-0.05, 0) is 109 Å². The number of allylic oxidation sites excluding steroid dienone is 2. The minimum absolute atomic E-state index is 0.0681. The van der Waals surface area contributed by atoms with Crippen LogP contribution in [0.1, 0.15) is 82.6 Å². The summed E-state index contributed by atoms with van der Waals surface area (Å²) in [6.45, 7) is 3.28. The lowest BCUT2D eigenvalue weighted by Crippen LogP contribution is -2.49. The van der Waals surface area contributed by atoms with Gasteiger partial charge in [0.2, 0.25) is 0 Å². The molecule has 2 fully saturated rings. The van der Waals surface area contributed by atoms with Crippen LogP contribution in [-0.4, -0.2) is 41.5 Å². The Bertz CT molecular complexity index is 1220. The number of benzene rings is 1. The normalized spacial score (nSPS) is 33.0. The summed E-state index contributed by atoms with van der Waals surface area (Å²) in [4.78, 5) is 14.3. The van der Waals surface area contributed by atoms with Crippen LogP contribution in [0, 0.1) is 23.2 Å². The summed E-state index contributed by atoms with van der Waals surface area (Å²) in [5.41, 5.74) is 3.51. The van der Waals surface area contributed by atoms with E-state index in [1.165, 1.54) is 41.2 Å². The van der Waals surface area contributed by atoms with Crippen molar-refractivity contribution in [3.05, 3.63) is 65.5 Å². The molecule has 5 heteroatoms. The fourth-order valence-corrected chi connectivity index (χ4v) is 8.25. The van der Waals surface area contributed by atoms with Crippen molar-refractivity contribution in [1.29, 1.82) is 0 Å². The molecule has 0 saturated heterocycles. The molecule has 5 atom stereocenters. The quantitative estimate of drug-likeness (QED) is 0.284. The van der Waals surface area contributed by atoms with Gasteiger partial charge in [0.1, 0.15) is 0 Å². The number of pyridine rings is 1. The van der Waals surface area contributed by atoms with Gasteiger partial charge in [-0.25, -0.2) is 4.89 Å². The summed E-state index contributed by atoms with van der Waals surface area (Å²) in [6.07, 6.45) is 20.1. The van der Waals surface area contributed by atoms with Gasteiger partial charge in [-0.3, -0.25) is 4.98 Å². The van der Waals surface area contributed by atoms with Crippen LogP contribution in [0.15, 0.2) is 60.0 Å². The average Bonchev–Trinajstić information content (AvgIpc) is 3.68. The predicted molar refractivity (Wildman–Crippen MR) is 151 cm³/mol. The number of fused-ring (bicyclic) bond motifs is 4. The number of aromatic nitrogens is 1. The van der Waals surface area contributed by atoms with E-state index in [4.69, 9.17) is 9.88 Å². The molecule has 0 bridgehead atoms. The molecule has 38 heavy (non-hydrogen) atoms. The zero-order valence-electron chi connectivity index (χ0n) is 23.4. The van der Waals surface area contributed by atoms with Gasteiger partial charge in [0.15, 0.2) is 0 Å². The topological polar surface area (TPSA) is 54.8 Å². The molecule has 4 unspecified atom stereocenters. The highest BCUT2D eigenvalue weighted by molar-refractivity contribution is 5.82. The molecule has 1 N–H and O–H groups in total. The van der Waals surface area contributed by atoms with E-state index in [1.807, 2.05) is 19.4 Å². The number of hydrogen-bond acceptors (Lipinski definition) is 5. The van der Waals surface area contributed by atoms with Gasteiger partial charge in [0.05, 0.1) is 12.7 Å². The summed E-state index contributed by atoms with van der Waals surface area (Å²) in [6, 6.07) is 9.02. The summed E-state index contributed by atoms with van der Waals surface area (Å²) in [5.74, 6) is 2.23. The Kier molecular flexibility index (Phi) is 7.23. The molecular weight excluding hydrogens is 472 g/mol. The number of nitrogens with zero attached hydrogens (tertiary/aromatic N) is 2. The van der Waals surface area contributed by atoms with Gasteiger partial charge < -0.3 is 5.11 Å². The summed E-state index contributed by atoms with van der Waals surface area (Å²) < 4.78 is 0. The lowest BCUT2D eigenvalue weighted by atomic mass is 9.58. The lowest BCUT2D eigenvalue weighted by Gasteiger charge is -2.49. The van der Waals surface area contributed by atoms with Gasteiger partial charge in [0.25, 0.3) is 0 Å². The van der Waals surface area contributed by atoms with Gasteiger partial charge in [-0.15, -0.1) is 4.99 Å². The first-order valence-electron chi connectivity index (χ1n) is 14.8. The van der Waals surface area contributed by atoms with Crippen LogP contribution in [0.2, 0.25) is 0 Å². The summed E-state index contributed by atoms with van der Waals surface area (Å²) >= 11 is 0. The second-order valence-electron chi connectivity index (χ2n) is 12.8. The molecular formula is C33H44N2O3. The van der Waals surface area contributed by atoms with Gasteiger partial charge in [0, 0.05) is 31.4 Å². The minimum atomic E-state index is -0.723. The molecule has 0 amide bonds. The molecule has 1 aromatic carbocycles. The first-order chi connectivity index (χ1) is 18.4. The Morgan fingerprint density at radius 1 is 1.11 bits per heavy atom. The Hall–Kier alpha value is -2.05. The molecule has 4 aliphatic carbocycles. The van der Waals surface area contributed by atoms with Gasteiger partial charge >= 0.3 is 0 Å². The van der Waals surface area contributed by atoms with E-state index in [9.17, 15) is 5.11 Å². The highest BCUT2D eigenvalue weighted by atomic mass is 17.3. The third-order valence-electron chi connectivity index (χ3n) is 10.4. The Morgan fingerprint density at radius 2 is 1.97 bits per heavy atom. The van der Waals surface area contributed by atoms with Crippen LogP contribution < -0.4 is 0 Å². The Morgan fingerprint density at radius 3 is 2.79 bits per heavy atom. The van der Waals surface area contributed by atoms with Crippen molar-refractivity contribution in [2.75, 3.05) is 20.7 Å². The van der Waals surface area contributed by atoms with Crippen molar-refractivity contribution in [1.82, 2.24) is 10.0 Å². The zero-order chi connectivity index (χ0) is 26.3. The van der Waals surface area contributed by atoms with E-state index < -0.39 is 5.60 Å². The molecule has 6 rings (SSSR count). The van der Waals surface area contributed by atoms with Crippen LogP contribution >= 0.6 is 0 Å². The smallest absolute Gasteiger partial charge is 0.0927 e. The molecule has 0 spiro atoms. The standard InChI is InChI=1S/C33H44N2O3/c1-32-15-13-29-21-25(5-4-18-35(2)38-37-3)26(19-23-6-7-23)12-16-33(29,36)31(32)11-10-30(32)27-9-8-24-14-17-34-22-28(24)20-27/h8-9,13-14,17,20-23,26,30-31,36H,4-7,10-12,15-16,18-19H2,1-3H3/t26?,30?,31?,32?,33-/m1/s1. The number of hydroxylamine groups is 2. The Balaban J connectivity index is 1.27. The van der Waals surface area contributed by atoms with E-state index in [1.54, 1.807) is 17.7 Å². The molecule has 204 valence electrons. The second-order valence-corrected chi connectivity index (χ2v) is 12.8. The maximum atomic E-state index is 12.5. The third kappa shape index (κ3) is 4.88. The first kappa shape index (κ1) is 26.2. The number of aliphatic hydroxyl groups is 1. The third-order valence-corrected chi connectivity index (χ3v) is 10.4. The maximum absolute atomic E-state index is 12.5. The van der Waals surface area contributed by atoms with E-state index in [2.05, 4.69) is 48.3 Å². The molecule has 0 aliphatic heterocycles. The predicted octanol–water partition coefficient (Wildman–Crippen LogP) is 7.14. The highest BCUT2D eigenvalue weighted by Crippen LogP contribution is 2.64. The van der Waals surface area contributed by atoms with E-state index in [0.29, 0.717) is 17.8 Å². The largest absolute Gasteiger partial charge is 0.385 e. The van der Waals surface area contributed by atoms with Crippen molar-refractivity contribution in [3.8, 4) is 0 Å². The monoisotopic (exact) mass is 516 g/mol. The molecule has 1 heterocycles. The molecule has 5 nitrogen and oxygen atoms in total. The minimum Gasteiger partial charge on any atom is -0.385 e. The van der Waals surface area contributed by atoms with E-state index in [-0.39, 0.29) is 5.41 Å². The summed E-state index contributed by atoms with van der Waals surface area (Å²) in [7, 11) is 3.46. The second kappa shape index (κ2) is 10.5. The van der Waals surface area contributed by atoms with Crippen LogP contribution in [0.5, 0.6) is 0 Å². The number of rotatable bonds is 9. The first-order valence-corrected chi connectivity index (χ1v) is 14.8. The van der Waals surface area contributed by atoms with Gasteiger partial charge in [-0.2, -0.15) is 5.06 Å². The van der Waals surface area contributed by atoms with E-state index >= 15 is 0 Å². The van der Waals surface area contributed by atoms with Crippen molar-refractivity contribution >= 4 is 10.8 Å². The maximum Gasteiger partial charge on any atom is 0.0927 e. The van der Waals surface area contributed by atoms with Crippen LogP contribution in [0.3, 0.4) is 0 Å². The van der Waals surface area contributed by atoms with Crippen molar-refractivity contribution < 1.29 is 15.0 Å². The van der Waals surface area contributed by atoms with Gasteiger partial charge in [-0.1, -0.05) is 49.6 Å². The average molecular weight is 517 g/mol. The number of hydrogen-bond donors (Lipinski definition) is 1. The molecule has 4 aliphatic rings. The van der Waals surface area contributed by atoms with Crippen molar-refractivity contribution in [2.45, 2.75) is 82.7 Å². The fraction of sp³-hybridized carbons (Fsp3) is 0.606. The van der Waals surface area contributed by atoms with Crippen molar-refractivity contribution in [3.63, 3.8) is 0 Å². The molecule has 2 aromatic rings. The van der Waals surface area contributed by atoms with Crippen LogP contribution in [0.25, 0.3) is 10.8 Å². The molecule has 2 saturated carbocycles. The fourth-order valence-electron chi connectivity index (χ4n) is 8.25. The van der Waals surface area contributed by atoms with Crippen LogP contribution in [-0.2, 0) is 9.88 Å². The molecule has 0 radical (unpaired) electrons. The zero-order valence-corrected chi connectivity index (χ0v) is 23.4. The van der Waals surface area contributed by atoms with Crippen LogP contribution in [0.4, 0.5) is 0 Å². The molecule has 1 aromatic heterocycles. The van der Waals surface area contributed by atoms with E-state index in [0.717, 1.165) is 57.4 Å². The SMILES string of the molecule is COON(C)CCCC1=CC2=CCC3(C)C(c4ccc5ccncc5c4)CCC3[C@@]2(O)CCC1CC1CC1. The lowest BCUT2D eigenvalue weighted by molar-refractivity contribution is -0.405.